The molecule has 1 heterocycles. The Kier molecular flexibility index (Phi) is 7.37. The number of thioether (sulfide) groups is 1. The molecule has 3 aromatic rings. The predicted octanol–water partition coefficient (Wildman–Crippen LogP) is 6.34. The Balaban J connectivity index is 1.31. The third-order valence-electron chi connectivity index (χ3n) is 4.97. The summed E-state index contributed by atoms with van der Waals surface area (Å²) in [5.41, 5.74) is 3.13. The van der Waals surface area contributed by atoms with E-state index in [-0.39, 0.29) is 24.3 Å². The van der Waals surface area contributed by atoms with Crippen LogP contribution in [0.15, 0.2) is 77.7 Å². The molecule has 3 aromatic carbocycles. The minimum Gasteiger partial charge on any atom is -0.492 e. The Labute approximate surface area is 202 Å². The number of rotatable bonds is 8. The Morgan fingerprint density at radius 3 is 2.21 bits per heavy atom. The van der Waals surface area contributed by atoms with Gasteiger partial charge in [0.25, 0.3) is 11.1 Å². The molecule has 7 heteroatoms. The van der Waals surface area contributed by atoms with Gasteiger partial charge in [0.2, 0.25) is 0 Å². The van der Waals surface area contributed by atoms with Crippen molar-refractivity contribution < 1.29 is 19.1 Å². The second-order valence-corrected chi connectivity index (χ2v) is 8.91. The molecule has 0 unspecified atom stereocenters. The number of benzene rings is 3. The maximum atomic E-state index is 12.7. The molecule has 1 aliphatic rings. The average molecular weight is 480 g/mol. The molecule has 0 N–H and O–H groups in total. The fourth-order valence-corrected chi connectivity index (χ4v) is 4.13. The number of ether oxygens (including phenoxy) is 2. The smallest absolute Gasteiger partial charge is 0.293 e. The summed E-state index contributed by atoms with van der Waals surface area (Å²) in [7, 11) is 0. The molecule has 0 radical (unpaired) electrons. The van der Waals surface area contributed by atoms with Gasteiger partial charge in [0.1, 0.15) is 24.7 Å². The number of imide groups is 1. The van der Waals surface area contributed by atoms with E-state index < -0.39 is 0 Å². The van der Waals surface area contributed by atoms with Gasteiger partial charge in [0, 0.05) is 5.02 Å². The van der Waals surface area contributed by atoms with Crippen molar-refractivity contribution in [2.45, 2.75) is 13.5 Å². The number of nitrogens with zero attached hydrogens (tertiary/aromatic N) is 1. The molecule has 1 saturated heterocycles. The predicted molar refractivity (Wildman–Crippen MR) is 132 cm³/mol. The molecule has 0 spiro atoms. The lowest BCUT2D eigenvalue weighted by Gasteiger charge is -2.13. The van der Waals surface area contributed by atoms with E-state index in [1.165, 1.54) is 10.5 Å². The van der Waals surface area contributed by atoms with E-state index in [1.807, 2.05) is 43.3 Å². The molecule has 5 nitrogen and oxygen atoms in total. The zero-order chi connectivity index (χ0) is 23.2. The zero-order valence-corrected chi connectivity index (χ0v) is 19.6. The highest BCUT2D eigenvalue weighted by Gasteiger charge is 2.34. The van der Waals surface area contributed by atoms with Crippen molar-refractivity contribution in [3.63, 3.8) is 0 Å². The normalized spacial score (nSPS) is 14.7. The lowest BCUT2D eigenvalue weighted by molar-refractivity contribution is -0.123. The van der Waals surface area contributed by atoms with Crippen LogP contribution in [0.5, 0.6) is 11.5 Å². The molecular weight excluding hydrogens is 458 g/mol. The van der Waals surface area contributed by atoms with Crippen LogP contribution in [-0.2, 0) is 11.4 Å². The molecule has 0 saturated carbocycles. The first kappa shape index (κ1) is 23.0. The molecule has 0 atom stereocenters. The Morgan fingerprint density at radius 1 is 0.879 bits per heavy atom. The highest BCUT2D eigenvalue weighted by molar-refractivity contribution is 8.18. The van der Waals surface area contributed by atoms with Crippen LogP contribution in [0.1, 0.15) is 16.7 Å². The van der Waals surface area contributed by atoms with Crippen LogP contribution in [0.25, 0.3) is 6.08 Å². The molecule has 1 fully saturated rings. The fourth-order valence-electron chi connectivity index (χ4n) is 3.14. The molecule has 2 amide bonds. The molecule has 1 aliphatic heterocycles. The molecule has 0 aliphatic carbocycles. The van der Waals surface area contributed by atoms with E-state index in [0.717, 1.165) is 28.6 Å². The number of carbonyl (C=O) groups is 2. The SMILES string of the molecule is Cc1ccc(COc2ccc(/C=C3\SC(=O)N(CCOc4ccc(Cl)cc4)C3=O)cc2)cc1. The van der Waals surface area contributed by atoms with Crippen LogP contribution in [0.4, 0.5) is 4.79 Å². The number of amides is 2. The van der Waals surface area contributed by atoms with Crippen LogP contribution in [-0.4, -0.2) is 29.2 Å². The van der Waals surface area contributed by atoms with Gasteiger partial charge in [0.05, 0.1) is 11.4 Å². The molecule has 0 aromatic heterocycles. The van der Waals surface area contributed by atoms with Crippen molar-refractivity contribution in [2.24, 2.45) is 0 Å². The molecule has 0 bridgehead atoms. The van der Waals surface area contributed by atoms with Gasteiger partial charge in [-0.15, -0.1) is 0 Å². The third-order valence-corrected chi connectivity index (χ3v) is 6.13. The van der Waals surface area contributed by atoms with Gasteiger partial charge in [-0.1, -0.05) is 53.6 Å². The van der Waals surface area contributed by atoms with Gasteiger partial charge in [-0.05, 0) is 72.3 Å². The van der Waals surface area contributed by atoms with E-state index in [1.54, 1.807) is 30.3 Å². The van der Waals surface area contributed by atoms with Crippen molar-refractivity contribution in [2.75, 3.05) is 13.2 Å². The largest absolute Gasteiger partial charge is 0.492 e. The van der Waals surface area contributed by atoms with Crippen molar-refractivity contribution in [3.05, 3.63) is 99.4 Å². The summed E-state index contributed by atoms with van der Waals surface area (Å²) in [6.45, 7) is 2.92. The summed E-state index contributed by atoms with van der Waals surface area (Å²) in [6, 6.07) is 22.5. The third kappa shape index (κ3) is 6.18. The lowest BCUT2D eigenvalue weighted by Crippen LogP contribution is -2.32. The molecular formula is C26H22ClNO4S. The molecule has 168 valence electrons. The van der Waals surface area contributed by atoms with Gasteiger partial charge in [-0.2, -0.15) is 0 Å². The summed E-state index contributed by atoms with van der Waals surface area (Å²) >= 11 is 6.79. The van der Waals surface area contributed by atoms with Gasteiger partial charge >= 0.3 is 0 Å². The minimum absolute atomic E-state index is 0.177. The zero-order valence-electron chi connectivity index (χ0n) is 18.0. The number of hydrogen-bond acceptors (Lipinski definition) is 5. The number of carbonyl (C=O) groups excluding carboxylic acids is 2. The maximum Gasteiger partial charge on any atom is 0.293 e. The van der Waals surface area contributed by atoms with E-state index in [2.05, 4.69) is 12.1 Å². The summed E-state index contributed by atoms with van der Waals surface area (Å²) in [6.07, 6.45) is 1.72. The minimum atomic E-state index is -0.315. The summed E-state index contributed by atoms with van der Waals surface area (Å²) in [4.78, 5) is 26.6. The number of hydrogen-bond donors (Lipinski definition) is 0. The van der Waals surface area contributed by atoms with Crippen LogP contribution in [0.2, 0.25) is 5.02 Å². The highest BCUT2D eigenvalue weighted by Crippen LogP contribution is 2.32. The molecule has 4 rings (SSSR count). The summed E-state index contributed by atoms with van der Waals surface area (Å²) in [5.74, 6) is 1.05. The average Bonchev–Trinajstić information content (AvgIpc) is 3.08. The van der Waals surface area contributed by atoms with Gasteiger partial charge in [-0.25, -0.2) is 0 Å². The summed E-state index contributed by atoms with van der Waals surface area (Å²) in [5, 5.41) is 0.313. The first-order valence-corrected chi connectivity index (χ1v) is 11.6. The van der Waals surface area contributed by atoms with Crippen molar-refractivity contribution >= 4 is 40.6 Å². The van der Waals surface area contributed by atoms with E-state index >= 15 is 0 Å². The van der Waals surface area contributed by atoms with Crippen LogP contribution < -0.4 is 9.47 Å². The van der Waals surface area contributed by atoms with Crippen molar-refractivity contribution in [1.82, 2.24) is 4.90 Å². The second-order valence-electron chi connectivity index (χ2n) is 7.48. The van der Waals surface area contributed by atoms with Crippen LogP contribution >= 0.6 is 23.4 Å². The van der Waals surface area contributed by atoms with Crippen molar-refractivity contribution in [3.8, 4) is 11.5 Å². The topological polar surface area (TPSA) is 55.8 Å². The van der Waals surface area contributed by atoms with Gasteiger partial charge in [-0.3, -0.25) is 14.5 Å². The van der Waals surface area contributed by atoms with E-state index in [9.17, 15) is 9.59 Å². The number of halogens is 1. The van der Waals surface area contributed by atoms with Gasteiger partial charge in [0.15, 0.2) is 0 Å². The van der Waals surface area contributed by atoms with Crippen LogP contribution in [0, 0.1) is 6.92 Å². The van der Waals surface area contributed by atoms with Crippen LogP contribution in [0.3, 0.4) is 0 Å². The maximum absolute atomic E-state index is 12.7. The lowest BCUT2D eigenvalue weighted by atomic mass is 10.1. The second kappa shape index (κ2) is 10.6. The summed E-state index contributed by atoms with van der Waals surface area (Å²) < 4.78 is 11.4. The molecule has 33 heavy (non-hydrogen) atoms. The monoisotopic (exact) mass is 479 g/mol. The Morgan fingerprint density at radius 2 is 1.52 bits per heavy atom. The van der Waals surface area contributed by atoms with E-state index in [4.69, 9.17) is 21.1 Å². The Bertz CT molecular complexity index is 1160. The Hall–Kier alpha value is -3.22. The van der Waals surface area contributed by atoms with Crippen molar-refractivity contribution in [1.29, 1.82) is 0 Å². The quantitative estimate of drug-likeness (QED) is 0.353. The van der Waals surface area contributed by atoms with Gasteiger partial charge < -0.3 is 9.47 Å². The highest BCUT2D eigenvalue weighted by atomic mass is 35.5. The first-order valence-electron chi connectivity index (χ1n) is 10.4. The fraction of sp³-hybridized carbons (Fsp3) is 0.154. The van der Waals surface area contributed by atoms with E-state index in [0.29, 0.717) is 22.3 Å². The standard InChI is InChI=1S/C26H22ClNO4S/c1-18-2-4-20(5-3-18)17-32-23-10-6-19(7-11-23)16-24-25(29)28(26(30)33-24)14-15-31-22-12-8-21(27)9-13-22/h2-13,16H,14-15,17H2,1H3/b24-16-. The first-order chi connectivity index (χ1) is 16.0. The number of aryl methyl sites for hydroxylation is 1.